The summed E-state index contributed by atoms with van der Waals surface area (Å²) < 4.78 is 13.5. The highest BCUT2D eigenvalue weighted by atomic mass is 35.5. The van der Waals surface area contributed by atoms with Crippen molar-refractivity contribution in [2.24, 2.45) is 0 Å². The van der Waals surface area contributed by atoms with Crippen LogP contribution in [-0.2, 0) is 11.3 Å². The normalized spacial score (nSPS) is 11.1. The molecule has 0 unspecified atom stereocenters. The smallest absolute Gasteiger partial charge is 0.268 e. The zero-order chi connectivity index (χ0) is 15.9. The second kappa shape index (κ2) is 7.42. The number of aromatic nitrogens is 2. The molecule has 2 aromatic rings. The molecule has 5 nitrogen and oxygen atoms in total. The van der Waals surface area contributed by atoms with Crippen LogP contribution in [0.3, 0.4) is 0 Å². The maximum absolute atomic E-state index is 13.5. The van der Waals surface area contributed by atoms with Crippen LogP contribution in [0.15, 0.2) is 54.5 Å². The van der Waals surface area contributed by atoms with Crippen molar-refractivity contribution in [2.45, 2.75) is 6.54 Å². The van der Waals surface area contributed by atoms with Gasteiger partial charge in [-0.15, -0.1) is 0 Å². The molecule has 0 radical (unpaired) electrons. The Morgan fingerprint density at radius 2 is 1.95 bits per heavy atom. The third-order valence-electron chi connectivity index (χ3n) is 2.73. The first kappa shape index (κ1) is 15.8. The number of halogens is 2. The van der Waals surface area contributed by atoms with Crippen LogP contribution in [0, 0.1) is 11.2 Å². The maximum atomic E-state index is 13.5. The summed E-state index contributed by atoms with van der Waals surface area (Å²) in [4.78, 5) is 19.2. The second-order valence-electron chi connectivity index (χ2n) is 4.26. The van der Waals surface area contributed by atoms with Gasteiger partial charge in [0.25, 0.3) is 5.24 Å². The lowest BCUT2D eigenvalue weighted by Crippen LogP contribution is -2.19. The van der Waals surface area contributed by atoms with Crippen LogP contribution in [0.25, 0.3) is 0 Å². The largest absolute Gasteiger partial charge is 0.377 e. The molecule has 7 heteroatoms. The molecular weight excluding hydrogens is 307 g/mol. The molecule has 0 atom stereocenters. The molecule has 1 heterocycles. The molecule has 0 saturated carbocycles. The fourth-order valence-corrected chi connectivity index (χ4v) is 1.78. The van der Waals surface area contributed by atoms with Crippen molar-refractivity contribution in [3.63, 3.8) is 0 Å². The average Bonchev–Trinajstić information content (AvgIpc) is 2.53. The fourth-order valence-electron chi connectivity index (χ4n) is 1.66. The fraction of sp³-hybridized carbons (Fsp3) is 0.0667. The summed E-state index contributed by atoms with van der Waals surface area (Å²) in [5.74, 6) is -0.233. The zero-order valence-electron chi connectivity index (χ0n) is 11.4. The lowest BCUT2D eigenvalue weighted by atomic mass is 10.2. The predicted molar refractivity (Wildman–Crippen MR) is 81.0 cm³/mol. The minimum absolute atomic E-state index is 0.0256. The van der Waals surface area contributed by atoms with Crippen LogP contribution in [0.5, 0.6) is 0 Å². The number of carbonyl (C=O) groups is 1. The molecule has 2 N–H and O–H groups in total. The van der Waals surface area contributed by atoms with Gasteiger partial charge in [-0.1, -0.05) is 18.2 Å². The minimum Gasteiger partial charge on any atom is -0.377 e. The highest BCUT2D eigenvalue weighted by Crippen LogP contribution is 2.08. The molecule has 1 aromatic heterocycles. The van der Waals surface area contributed by atoms with Gasteiger partial charge in [0, 0.05) is 24.5 Å². The predicted octanol–water partition coefficient (Wildman–Crippen LogP) is 2.42. The Balaban J connectivity index is 2.13. The van der Waals surface area contributed by atoms with E-state index in [4.69, 9.17) is 17.0 Å². The third-order valence-corrected chi connectivity index (χ3v) is 2.94. The summed E-state index contributed by atoms with van der Waals surface area (Å²) in [5.41, 5.74) is 0.279. The first-order chi connectivity index (χ1) is 10.6. The summed E-state index contributed by atoms with van der Waals surface area (Å²) in [6.45, 7) is 0.0693. The van der Waals surface area contributed by atoms with Gasteiger partial charge in [0.15, 0.2) is 5.82 Å². The molecule has 22 heavy (non-hydrogen) atoms. The molecule has 0 amide bonds. The Labute approximate surface area is 131 Å². The van der Waals surface area contributed by atoms with E-state index in [1.807, 2.05) is 0 Å². The van der Waals surface area contributed by atoms with Crippen LogP contribution in [0.4, 0.5) is 4.39 Å². The van der Waals surface area contributed by atoms with E-state index in [1.54, 1.807) is 24.3 Å². The third kappa shape index (κ3) is 4.20. The van der Waals surface area contributed by atoms with Crippen LogP contribution in [0.1, 0.15) is 11.4 Å². The molecule has 112 valence electrons. The van der Waals surface area contributed by atoms with Crippen molar-refractivity contribution < 1.29 is 9.18 Å². The lowest BCUT2D eigenvalue weighted by Gasteiger charge is -2.08. The molecule has 0 bridgehead atoms. The minimum atomic E-state index is -0.781. The van der Waals surface area contributed by atoms with E-state index in [0.29, 0.717) is 5.56 Å². The van der Waals surface area contributed by atoms with Crippen molar-refractivity contribution in [3.05, 3.63) is 71.7 Å². The monoisotopic (exact) mass is 318 g/mol. The van der Waals surface area contributed by atoms with Gasteiger partial charge in [-0.05, 0) is 29.8 Å². The number of carbonyl (C=O) groups excluding carboxylic acids is 1. The highest BCUT2D eigenvalue weighted by Gasteiger charge is 2.10. The van der Waals surface area contributed by atoms with Crippen molar-refractivity contribution in [1.82, 2.24) is 15.3 Å². The molecule has 0 fully saturated rings. The van der Waals surface area contributed by atoms with Crippen LogP contribution in [-0.4, -0.2) is 20.9 Å². The first-order valence-corrected chi connectivity index (χ1v) is 6.70. The topological polar surface area (TPSA) is 78.7 Å². The summed E-state index contributed by atoms with van der Waals surface area (Å²) in [6.07, 6.45) is 4.19. The quantitative estimate of drug-likeness (QED) is 0.487. The zero-order valence-corrected chi connectivity index (χ0v) is 12.1. The molecule has 1 aromatic carbocycles. The van der Waals surface area contributed by atoms with Crippen LogP contribution in [0.2, 0.25) is 0 Å². The van der Waals surface area contributed by atoms with Crippen molar-refractivity contribution >= 4 is 22.6 Å². The van der Waals surface area contributed by atoms with E-state index >= 15 is 0 Å². The van der Waals surface area contributed by atoms with Gasteiger partial charge >= 0.3 is 0 Å². The van der Waals surface area contributed by atoms with Crippen molar-refractivity contribution in [2.75, 3.05) is 0 Å². The maximum Gasteiger partial charge on any atom is 0.268 e. The molecule has 0 aliphatic heterocycles. The number of nitrogens with one attached hydrogen (secondary N) is 2. The number of benzene rings is 1. The highest BCUT2D eigenvalue weighted by molar-refractivity contribution is 6.67. The summed E-state index contributed by atoms with van der Waals surface area (Å²) in [7, 11) is 0. The Bertz CT molecular complexity index is 718. The van der Waals surface area contributed by atoms with Crippen molar-refractivity contribution in [1.29, 1.82) is 5.41 Å². The van der Waals surface area contributed by atoms with Gasteiger partial charge in [0.1, 0.15) is 11.5 Å². The Morgan fingerprint density at radius 3 is 2.59 bits per heavy atom. The summed E-state index contributed by atoms with van der Waals surface area (Å²) in [5, 5.41) is 9.79. The van der Waals surface area contributed by atoms with Gasteiger partial charge in [-0.2, -0.15) is 0 Å². The molecule has 0 aliphatic carbocycles. The molecule has 0 saturated heterocycles. The van der Waals surface area contributed by atoms with E-state index in [0.717, 1.165) is 0 Å². The van der Waals surface area contributed by atoms with E-state index < -0.39 is 11.1 Å². The van der Waals surface area contributed by atoms with Gasteiger partial charge in [-0.3, -0.25) is 10.2 Å². The van der Waals surface area contributed by atoms with E-state index in [2.05, 4.69) is 15.3 Å². The van der Waals surface area contributed by atoms with Gasteiger partial charge < -0.3 is 5.32 Å². The van der Waals surface area contributed by atoms with Gasteiger partial charge in [-0.25, -0.2) is 14.4 Å². The standard InChI is InChI=1S/C15H12ClFN4O/c16-14(22)13(8-12(18)15-19-6-3-7-20-15)21-9-10-4-1-2-5-11(10)17/h1-8,18,21H,9H2/b13-8-,18-12?. The second-order valence-corrected chi connectivity index (χ2v) is 4.61. The van der Waals surface area contributed by atoms with Crippen LogP contribution >= 0.6 is 11.6 Å². The molecule has 0 aliphatic rings. The number of hydrogen-bond donors (Lipinski definition) is 2. The Morgan fingerprint density at radius 1 is 1.27 bits per heavy atom. The average molecular weight is 319 g/mol. The van der Waals surface area contributed by atoms with E-state index in [9.17, 15) is 9.18 Å². The molecule has 0 spiro atoms. The Hall–Kier alpha value is -2.60. The molecule has 2 rings (SSSR count). The van der Waals surface area contributed by atoms with Gasteiger partial charge in [0.05, 0.1) is 5.70 Å². The van der Waals surface area contributed by atoms with Crippen LogP contribution < -0.4 is 5.32 Å². The SMILES string of the molecule is N=C(/C=C(\NCc1ccccc1F)C(=O)Cl)c1ncccn1. The summed E-state index contributed by atoms with van der Waals surface area (Å²) >= 11 is 5.48. The molecular formula is C15H12ClFN4O. The first-order valence-electron chi connectivity index (χ1n) is 6.32. The summed E-state index contributed by atoms with van der Waals surface area (Å²) in [6, 6.07) is 7.79. The van der Waals surface area contributed by atoms with Crippen molar-refractivity contribution in [3.8, 4) is 0 Å². The number of allylic oxidation sites excluding steroid dienone is 2. The lowest BCUT2D eigenvalue weighted by molar-refractivity contribution is -0.108. The number of hydrogen-bond acceptors (Lipinski definition) is 5. The number of rotatable bonds is 6. The van der Waals surface area contributed by atoms with E-state index in [1.165, 1.54) is 24.5 Å². The Kier molecular flexibility index (Phi) is 5.32. The van der Waals surface area contributed by atoms with Gasteiger partial charge in [0.2, 0.25) is 0 Å². The number of nitrogens with zero attached hydrogens (tertiary/aromatic N) is 2. The van der Waals surface area contributed by atoms with E-state index in [-0.39, 0.29) is 23.8 Å².